The minimum Gasteiger partial charge on any atom is -0.434 e. The van der Waals surface area contributed by atoms with Gasteiger partial charge in [0.15, 0.2) is 0 Å². The summed E-state index contributed by atoms with van der Waals surface area (Å²) >= 11 is 0. The summed E-state index contributed by atoms with van der Waals surface area (Å²) in [6, 6.07) is 0. The Hall–Kier alpha value is -1.10. The van der Waals surface area contributed by atoms with Crippen LogP contribution in [0.1, 0.15) is 32.6 Å². The van der Waals surface area contributed by atoms with Gasteiger partial charge in [0.2, 0.25) is 0 Å². The summed E-state index contributed by atoms with van der Waals surface area (Å²) in [5.41, 5.74) is 0. The lowest BCUT2D eigenvalue weighted by molar-refractivity contribution is -0.111. The summed E-state index contributed by atoms with van der Waals surface area (Å²) in [5, 5.41) is 0. The van der Waals surface area contributed by atoms with Crippen molar-refractivity contribution in [3.63, 3.8) is 0 Å². The summed E-state index contributed by atoms with van der Waals surface area (Å²) in [4.78, 5) is 11.0. The highest BCUT2D eigenvalue weighted by Gasteiger charge is 2.34. The Kier molecular flexibility index (Phi) is 6.72. The van der Waals surface area contributed by atoms with E-state index in [9.17, 15) is 9.18 Å². The third kappa shape index (κ3) is 4.64. The highest BCUT2D eigenvalue weighted by Crippen LogP contribution is 2.20. The molecule has 0 spiro atoms. The molecule has 3 atom stereocenters. The van der Waals surface area contributed by atoms with Gasteiger partial charge in [-0.1, -0.05) is 25.8 Å². The number of unbranched alkanes of at least 4 members (excludes halogenated alkanes) is 2. The average Bonchev–Trinajstić information content (AvgIpc) is 2.38. The molecule has 5 heteroatoms. The van der Waals surface area contributed by atoms with Crippen molar-refractivity contribution < 1.29 is 23.4 Å². The van der Waals surface area contributed by atoms with Crippen molar-refractivity contribution in [2.24, 2.45) is 0 Å². The first-order chi connectivity index (χ1) is 8.69. The van der Waals surface area contributed by atoms with E-state index in [2.05, 4.69) is 18.2 Å². The maximum Gasteiger partial charge on any atom is 0.508 e. The second kappa shape index (κ2) is 8.08. The second-order valence-corrected chi connectivity index (χ2v) is 4.27. The molecule has 1 fully saturated rings. The number of hydrogen-bond acceptors (Lipinski definition) is 4. The van der Waals surface area contributed by atoms with E-state index in [-0.39, 0.29) is 6.61 Å². The minimum absolute atomic E-state index is 0.238. The SMILES string of the molecule is C=CC(F)C(OCCCCC)C1CCOC(=O)O1. The molecule has 0 amide bonds. The van der Waals surface area contributed by atoms with E-state index in [4.69, 9.17) is 9.47 Å². The highest BCUT2D eigenvalue weighted by molar-refractivity contribution is 5.60. The maximum atomic E-state index is 13.7. The zero-order chi connectivity index (χ0) is 13.4. The monoisotopic (exact) mass is 260 g/mol. The van der Waals surface area contributed by atoms with E-state index >= 15 is 0 Å². The molecule has 0 aliphatic carbocycles. The Morgan fingerprint density at radius 1 is 1.61 bits per heavy atom. The van der Waals surface area contributed by atoms with Gasteiger partial charge in [0, 0.05) is 13.0 Å². The van der Waals surface area contributed by atoms with Crippen LogP contribution in [0.15, 0.2) is 12.7 Å². The van der Waals surface area contributed by atoms with Crippen LogP contribution in [0.2, 0.25) is 0 Å². The van der Waals surface area contributed by atoms with Crippen LogP contribution in [0.5, 0.6) is 0 Å². The van der Waals surface area contributed by atoms with Crippen LogP contribution in [0.4, 0.5) is 9.18 Å². The fraction of sp³-hybridized carbons (Fsp3) is 0.769. The molecule has 0 radical (unpaired) electrons. The smallest absolute Gasteiger partial charge is 0.434 e. The first-order valence-electron chi connectivity index (χ1n) is 6.40. The van der Waals surface area contributed by atoms with Gasteiger partial charge < -0.3 is 14.2 Å². The number of carbonyl (C=O) groups excluding carboxylic acids is 1. The van der Waals surface area contributed by atoms with Gasteiger partial charge >= 0.3 is 6.16 Å². The molecule has 4 nitrogen and oxygen atoms in total. The predicted molar refractivity (Wildman–Crippen MR) is 65.2 cm³/mol. The summed E-state index contributed by atoms with van der Waals surface area (Å²) in [5.74, 6) is 0. The molecule has 1 rings (SSSR count). The summed E-state index contributed by atoms with van der Waals surface area (Å²) in [7, 11) is 0. The molecule has 1 saturated heterocycles. The predicted octanol–water partition coefficient (Wildman–Crippen LogP) is 3.01. The van der Waals surface area contributed by atoms with Gasteiger partial charge in [-0.3, -0.25) is 0 Å². The lowest BCUT2D eigenvalue weighted by atomic mass is 10.1. The molecule has 3 unspecified atom stereocenters. The number of cyclic esters (lactones) is 2. The van der Waals surface area contributed by atoms with Gasteiger partial charge in [-0.25, -0.2) is 9.18 Å². The third-order valence-corrected chi connectivity index (χ3v) is 2.83. The van der Waals surface area contributed by atoms with Gasteiger partial charge in [-0.15, -0.1) is 6.58 Å². The molecular weight excluding hydrogens is 239 g/mol. The van der Waals surface area contributed by atoms with E-state index in [1.54, 1.807) is 0 Å². The Morgan fingerprint density at radius 2 is 2.39 bits per heavy atom. The summed E-state index contributed by atoms with van der Waals surface area (Å²) in [6.07, 6.45) is 1.10. The van der Waals surface area contributed by atoms with Crippen LogP contribution in [0.3, 0.4) is 0 Å². The first kappa shape index (κ1) is 15.0. The van der Waals surface area contributed by atoms with Gasteiger partial charge in [0.25, 0.3) is 0 Å². The largest absolute Gasteiger partial charge is 0.508 e. The average molecular weight is 260 g/mol. The van der Waals surface area contributed by atoms with Crippen LogP contribution in [-0.4, -0.2) is 37.7 Å². The van der Waals surface area contributed by atoms with Crippen LogP contribution in [0, 0.1) is 0 Å². The Labute approximate surface area is 107 Å². The molecule has 1 aliphatic heterocycles. The highest BCUT2D eigenvalue weighted by atomic mass is 19.1. The molecule has 18 heavy (non-hydrogen) atoms. The van der Waals surface area contributed by atoms with E-state index in [1.807, 2.05) is 0 Å². The Balaban J connectivity index is 2.48. The van der Waals surface area contributed by atoms with Gasteiger partial charge in [0.1, 0.15) is 18.4 Å². The summed E-state index contributed by atoms with van der Waals surface area (Å²) < 4.78 is 28.9. The molecule has 0 aromatic rings. The van der Waals surface area contributed by atoms with E-state index < -0.39 is 24.5 Å². The molecule has 1 aliphatic rings. The topological polar surface area (TPSA) is 44.8 Å². The molecule has 0 N–H and O–H groups in total. The normalized spacial score (nSPS) is 22.8. The van der Waals surface area contributed by atoms with Crippen molar-refractivity contribution in [3.05, 3.63) is 12.7 Å². The fourth-order valence-electron chi connectivity index (χ4n) is 1.82. The number of hydrogen-bond donors (Lipinski definition) is 0. The standard InChI is InChI=1S/C13H21FO4/c1-3-5-6-8-16-12(10(14)4-2)11-7-9-17-13(15)18-11/h4,10-12H,2-3,5-9H2,1H3. The van der Waals surface area contributed by atoms with Crippen molar-refractivity contribution in [1.29, 1.82) is 0 Å². The molecular formula is C13H21FO4. The van der Waals surface area contributed by atoms with Crippen LogP contribution < -0.4 is 0 Å². The molecule has 0 saturated carbocycles. The zero-order valence-corrected chi connectivity index (χ0v) is 10.8. The third-order valence-electron chi connectivity index (χ3n) is 2.83. The van der Waals surface area contributed by atoms with Gasteiger partial charge in [-0.05, 0) is 6.42 Å². The van der Waals surface area contributed by atoms with Crippen molar-refractivity contribution in [3.8, 4) is 0 Å². The van der Waals surface area contributed by atoms with Gasteiger partial charge in [-0.2, -0.15) is 0 Å². The fourth-order valence-corrected chi connectivity index (χ4v) is 1.82. The van der Waals surface area contributed by atoms with Crippen molar-refractivity contribution in [2.75, 3.05) is 13.2 Å². The lowest BCUT2D eigenvalue weighted by Gasteiger charge is -2.30. The molecule has 0 aromatic heterocycles. The van der Waals surface area contributed by atoms with Crippen LogP contribution >= 0.6 is 0 Å². The molecule has 1 heterocycles. The lowest BCUT2D eigenvalue weighted by Crippen LogP contribution is -2.43. The molecule has 0 bridgehead atoms. The minimum atomic E-state index is -1.34. The Bertz CT molecular complexity index is 270. The van der Waals surface area contributed by atoms with Crippen molar-refractivity contribution in [1.82, 2.24) is 0 Å². The number of ether oxygens (including phenoxy) is 3. The van der Waals surface area contributed by atoms with E-state index in [1.165, 1.54) is 6.08 Å². The summed E-state index contributed by atoms with van der Waals surface area (Å²) in [6.45, 7) is 6.19. The number of rotatable bonds is 8. The maximum absolute atomic E-state index is 13.7. The van der Waals surface area contributed by atoms with Crippen LogP contribution in [-0.2, 0) is 14.2 Å². The molecule has 0 aromatic carbocycles. The quantitative estimate of drug-likeness (QED) is 0.382. The van der Waals surface area contributed by atoms with Crippen LogP contribution in [0.25, 0.3) is 0 Å². The number of carbonyl (C=O) groups is 1. The first-order valence-corrected chi connectivity index (χ1v) is 6.40. The van der Waals surface area contributed by atoms with Crippen molar-refractivity contribution in [2.45, 2.75) is 51.0 Å². The van der Waals surface area contributed by atoms with E-state index in [0.717, 1.165) is 19.3 Å². The zero-order valence-electron chi connectivity index (χ0n) is 10.8. The molecule has 104 valence electrons. The van der Waals surface area contributed by atoms with Gasteiger partial charge in [0.05, 0.1) is 6.61 Å². The Morgan fingerprint density at radius 3 is 3.00 bits per heavy atom. The van der Waals surface area contributed by atoms with Crippen molar-refractivity contribution >= 4 is 6.16 Å². The van der Waals surface area contributed by atoms with E-state index in [0.29, 0.717) is 13.0 Å². The number of alkyl halides is 1. The second-order valence-electron chi connectivity index (χ2n) is 4.27. The number of halogens is 1.